The quantitative estimate of drug-likeness (QED) is 0.199. The molecule has 3 aliphatic rings. The Bertz CT molecular complexity index is 732. The first-order valence-corrected chi connectivity index (χ1v) is 11.3. The van der Waals surface area contributed by atoms with E-state index in [-0.39, 0.29) is 19.6 Å². The van der Waals surface area contributed by atoms with Crippen LogP contribution in [-0.2, 0) is 18.9 Å². The Kier molecular flexibility index (Phi) is 8.49. The van der Waals surface area contributed by atoms with Crippen LogP contribution in [0.15, 0.2) is 16.8 Å². The smallest absolute Gasteiger partial charge is 0.215 e. The number of hydrogen-bond donors (Lipinski definition) is 7. The van der Waals surface area contributed by atoms with Crippen LogP contribution in [0.5, 0.6) is 0 Å². The summed E-state index contributed by atoms with van der Waals surface area (Å²) in [6.45, 7) is 5.14. The van der Waals surface area contributed by atoms with Gasteiger partial charge in [0.15, 0.2) is 6.29 Å². The molecule has 1 saturated carbocycles. The zero-order chi connectivity index (χ0) is 24.5. The highest BCUT2D eigenvalue weighted by Gasteiger charge is 2.51. The first kappa shape index (κ1) is 26.4. The van der Waals surface area contributed by atoms with E-state index in [0.717, 1.165) is 0 Å². The van der Waals surface area contributed by atoms with Crippen molar-refractivity contribution in [1.29, 1.82) is 0 Å². The maximum atomic E-state index is 11.1. The third kappa shape index (κ3) is 5.90. The van der Waals surface area contributed by atoms with Gasteiger partial charge in [-0.1, -0.05) is 0 Å². The molecule has 11 unspecified atom stereocenters. The van der Waals surface area contributed by atoms with Crippen LogP contribution < -0.4 is 22.9 Å². The van der Waals surface area contributed by atoms with Crippen LogP contribution in [0.25, 0.3) is 0 Å². The molecule has 190 valence electrons. The molecule has 2 heterocycles. The molecule has 1 saturated heterocycles. The van der Waals surface area contributed by atoms with Gasteiger partial charge in [-0.15, -0.1) is 0 Å². The molecule has 0 amide bonds. The second-order valence-corrected chi connectivity index (χ2v) is 9.56. The van der Waals surface area contributed by atoms with Gasteiger partial charge in [0.25, 0.3) is 0 Å². The fourth-order valence-electron chi connectivity index (χ4n) is 4.44. The number of aliphatic hydroxyl groups is 3. The standard InChI is InChI=1S/C21H39N5O7/c1-9(2)26-18-15(28)20(30-8-21(18,3)29)33-17-13(25)6-12(24)16(14(17)27)32-19-11(23)5-4-10(7-22)31-19/h4,11-20,27-29H,5-8,22-25H2,1-3H3. The molecule has 11 N–H and O–H groups in total. The number of aliphatic hydroxyl groups excluding tert-OH is 2. The summed E-state index contributed by atoms with van der Waals surface area (Å²) in [5.41, 5.74) is 23.5. The van der Waals surface area contributed by atoms with Gasteiger partial charge in [-0.2, -0.15) is 0 Å². The summed E-state index contributed by atoms with van der Waals surface area (Å²) >= 11 is 0. The number of ether oxygens (including phenoxy) is 4. The predicted molar refractivity (Wildman–Crippen MR) is 120 cm³/mol. The van der Waals surface area contributed by atoms with Crippen LogP contribution >= 0.6 is 0 Å². The van der Waals surface area contributed by atoms with Crippen molar-refractivity contribution in [1.82, 2.24) is 0 Å². The summed E-state index contributed by atoms with van der Waals surface area (Å²) in [6.07, 6.45) is -3.80. The zero-order valence-electron chi connectivity index (χ0n) is 19.4. The Hall–Kier alpha value is -1.19. The molecule has 33 heavy (non-hydrogen) atoms. The fraction of sp³-hybridized carbons (Fsp3) is 0.857. The highest BCUT2D eigenvalue weighted by molar-refractivity contribution is 5.79. The molecule has 1 aliphatic carbocycles. The van der Waals surface area contributed by atoms with E-state index in [1.165, 1.54) is 6.92 Å². The molecule has 0 spiro atoms. The van der Waals surface area contributed by atoms with E-state index in [0.29, 0.717) is 17.9 Å². The summed E-state index contributed by atoms with van der Waals surface area (Å²) < 4.78 is 23.2. The largest absolute Gasteiger partial charge is 0.467 e. The molecular weight excluding hydrogens is 434 g/mol. The Morgan fingerprint density at radius 2 is 1.70 bits per heavy atom. The van der Waals surface area contributed by atoms with E-state index in [9.17, 15) is 15.3 Å². The van der Waals surface area contributed by atoms with Crippen molar-refractivity contribution in [3.8, 4) is 0 Å². The molecule has 3 rings (SSSR count). The highest BCUT2D eigenvalue weighted by Crippen LogP contribution is 2.32. The monoisotopic (exact) mass is 473 g/mol. The van der Waals surface area contributed by atoms with Crippen LogP contribution in [0, 0.1) is 0 Å². The lowest BCUT2D eigenvalue weighted by Crippen LogP contribution is -2.66. The van der Waals surface area contributed by atoms with Crippen LogP contribution in [0.1, 0.15) is 33.6 Å². The second-order valence-electron chi connectivity index (χ2n) is 9.56. The van der Waals surface area contributed by atoms with E-state index in [1.54, 1.807) is 19.9 Å². The third-order valence-electron chi connectivity index (χ3n) is 6.26. The van der Waals surface area contributed by atoms with Crippen molar-refractivity contribution >= 4 is 5.71 Å². The van der Waals surface area contributed by atoms with E-state index >= 15 is 0 Å². The van der Waals surface area contributed by atoms with E-state index in [4.69, 9.17) is 41.9 Å². The predicted octanol–water partition coefficient (Wildman–Crippen LogP) is -2.59. The number of nitrogens with zero attached hydrogens (tertiary/aromatic N) is 1. The van der Waals surface area contributed by atoms with Crippen molar-refractivity contribution in [2.75, 3.05) is 13.2 Å². The first-order valence-electron chi connectivity index (χ1n) is 11.3. The molecule has 2 aliphatic heterocycles. The zero-order valence-corrected chi connectivity index (χ0v) is 19.4. The minimum atomic E-state index is -1.39. The average Bonchev–Trinajstić information content (AvgIpc) is 2.74. The number of hydrogen-bond acceptors (Lipinski definition) is 12. The number of rotatable bonds is 6. The Labute approximate surface area is 193 Å². The van der Waals surface area contributed by atoms with Crippen LogP contribution in [-0.4, -0.2) is 101 Å². The van der Waals surface area contributed by atoms with Crippen LogP contribution in [0.3, 0.4) is 0 Å². The summed E-state index contributed by atoms with van der Waals surface area (Å²) in [7, 11) is 0. The second kappa shape index (κ2) is 10.6. The number of aliphatic imine (C=N–C) groups is 1. The molecule has 0 aromatic heterocycles. The van der Waals surface area contributed by atoms with Gasteiger partial charge in [0.1, 0.15) is 41.8 Å². The lowest BCUT2D eigenvalue weighted by atomic mass is 9.84. The van der Waals surface area contributed by atoms with Crippen molar-refractivity contribution in [3.63, 3.8) is 0 Å². The fourth-order valence-corrected chi connectivity index (χ4v) is 4.44. The normalized spacial score (nSPS) is 46.3. The molecule has 2 fully saturated rings. The van der Waals surface area contributed by atoms with Gasteiger partial charge in [0.2, 0.25) is 6.29 Å². The maximum absolute atomic E-state index is 11.1. The van der Waals surface area contributed by atoms with E-state index < -0.39 is 66.8 Å². The van der Waals surface area contributed by atoms with E-state index in [2.05, 4.69) is 4.99 Å². The molecular formula is C21H39N5O7. The van der Waals surface area contributed by atoms with E-state index in [1.807, 2.05) is 0 Å². The van der Waals surface area contributed by atoms with Gasteiger partial charge in [-0.05, 0) is 39.7 Å². The minimum absolute atomic E-state index is 0.118. The van der Waals surface area contributed by atoms with Crippen LogP contribution in [0.2, 0.25) is 0 Å². The van der Waals surface area contributed by atoms with Crippen LogP contribution in [0.4, 0.5) is 0 Å². The molecule has 11 atom stereocenters. The minimum Gasteiger partial charge on any atom is -0.467 e. The Balaban J connectivity index is 1.72. The van der Waals surface area contributed by atoms with Gasteiger partial charge < -0.3 is 57.2 Å². The van der Waals surface area contributed by atoms with Crippen molar-refractivity contribution in [2.24, 2.45) is 27.9 Å². The topological polar surface area (TPSA) is 214 Å². The average molecular weight is 474 g/mol. The van der Waals surface area contributed by atoms with Gasteiger partial charge in [0.05, 0.1) is 19.2 Å². The molecule has 12 nitrogen and oxygen atoms in total. The molecule has 12 heteroatoms. The summed E-state index contributed by atoms with van der Waals surface area (Å²) in [5.74, 6) is 0.550. The Morgan fingerprint density at radius 3 is 2.27 bits per heavy atom. The van der Waals surface area contributed by atoms with Crippen molar-refractivity contribution < 1.29 is 34.3 Å². The van der Waals surface area contributed by atoms with Gasteiger partial charge >= 0.3 is 0 Å². The molecule has 0 radical (unpaired) electrons. The third-order valence-corrected chi connectivity index (χ3v) is 6.26. The Morgan fingerprint density at radius 1 is 1.09 bits per heavy atom. The highest BCUT2D eigenvalue weighted by atomic mass is 16.7. The summed E-state index contributed by atoms with van der Waals surface area (Å²) in [6, 6.07) is -2.58. The lowest BCUT2D eigenvalue weighted by molar-refractivity contribution is -0.300. The molecule has 0 aromatic rings. The van der Waals surface area contributed by atoms with Crippen molar-refractivity contribution in [3.05, 3.63) is 11.8 Å². The molecule has 0 bridgehead atoms. The van der Waals surface area contributed by atoms with Crippen molar-refractivity contribution in [2.45, 2.75) is 100 Å². The summed E-state index contributed by atoms with van der Waals surface area (Å²) in [4.78, 5) is 4.35. The lowest BCUT2D eigenvalue weighted by Gasteiger charge is -2.47. The van der Waals surface area contributed by atoms with Gasteiger partial charge in [-0.25, -0.2) is 0 Å². The summed E-state index contributed by atoms with van der Waals surface area (Å²) in [5, 5.41) is 32.5. The maximum Gasteiger partial charge on any atom is 0.215 e. The number of nitrogens with two attached hydrogens (primary N) is 4. The molecule has 0 aromatic carbocycles. The van der Waals surface area contributed by atoms with Gasteiger partial charge in [-0.3, -0.25) is 4.99 Å². The van der Waals surface area contributed by atoms with Gasteiger partial charge in [0, 0.05) is 17.8 Å². The first-order chi connectivity index (χ1) is 15.4. The SMILES string of the molecule is CC(C)=NC1C(O)C(OC2C(N)CC(N)C(OC3OC(CN)=CCC3N)C2O)OCC1(C)O.